The van der Waals surface area contributed by atoms with Gasteiger partial charge in [0.1, 0.15) is 0 Å². The second-order valence-corrected chi connectivity index (χ2v) is 6.20. The topological polar surface area (TPSA) is 27.6 Å². The zero-order valence-electron chi connectivity index (χ0n) is 12.6. The maximum absolute atomic E-state index is 4.69. The second-order valence-electron chi connectivity index (χ2n) is 5.17. The summed E-state index contributed by atoms with van der Waals surface area (Å²) in [6.45, 7) is 9.43. The third-order valence-corrected chi connectivity index (χ3v) is 3.87. The molecule has 1 N–H and O–H groups in total. The van der Waals surface area contributed by atoms with Gasteiger partial charge in [0.05, 0.1) is 0 Å². The molecule has 19 heavy (non-hydrogen) atoms. The van der Waals surface area contributed by atoms with Crippen molar-refractivity contribution in [2.45, 2.75) is 33.6 Å². The Morgan fingerprint density at radius 3 is 2.84 bits per heavy atom. The molecule has 0 aliphatic rings. The quantitative estimate of drug-likeness (QED) is 0.614. The lowest BCUT2D eigenvalue weighted by molar-refractivity contribution is 0.484. The first-order valence-corrected chi connectivity index (χ1v) is 8.03. The SMILES string of the molecule is CCNC(=NCCC(C)C)N(C)CCc1cccs1. The summed E-state index contributed by atoms with van der Waals surface area (Å²) in [5.74, 6) is 1.74. The molecule has 0 radical (unpaired) electrons. The highest BCUT2D eigenvalue weighted by atomic mass is 32.1. The lowest BCUT2D eigenvalue weighted by Gasteiger charge is -2.22. The molecule has 0 aliphatic carbocycles. The molecule has 0 saturated heterocycles. The largest absolute Gasteiger partial charge is 0.357 e. The molecule has 4 heteroatoms. The van der Waals surface area contributed by atoms with Gasteiger partial charge >= 0.3 is 0 Å². The van der Waals surface area contributed by atoms with E-state index in [2.05, 4.69) is 60.5 Å². The predicted octanol–water partition coefficient (Wildman–Crippen LogP) is 3.23. The molecule has 0 bridgehead atoms. The Hall–Kier alpha value is -1.03. The number of nitrogens with zero attached hydrogens (tertiary/aromatic N) is 2. The maximum Gasteiger partial charge on any atom is 0.193 e. The van der Waals surface area contributed by atoms with Gasteiger partial charge in [-0.3, -0.25) is 4.99 Å². The van der Waals surface area contributed by atoms with E-state index in [0.717, 1.165) is 38.4 Å². The molecule has 0 atom stereocenters. The fourth-order valence-corrected chi connectivity index (χ4v) is 2.44. The van der Waals surface area contributed by atoms with Crippen LogP contribution in [-0.2, 0) is 6.42 Å². The van der Waals surface area contributed by atoms with E-state index >= 15 is 0 Å². The molecule has 3 nitrogen and oxygen atoms in total. The van der Waals surface area contributed by atoms with Crippen LogP contribution in [0.15, 0.2) is 22.5 Å². The molecule has 0 fully saturated rings. The summed E-state index contributed by atoms with van der Waals surface area (Å²) in [6, 6.07) is 4.31. The van der Waals surface area contributed by atoms with Crippen molar-refractivity contribution in [2.75, 3.05) is 26.7 Å². The minimum absolute atomic E-state index is 0.711. The molecule has 0 unspecified atom stereocenters. The van der Waals surface area contributed by atoms with Crippen LogP contribution in [-0.4, -0.2) is 37.5 Å². The minimum Gasteiger partial charge on any atom is -0.357 e. The van der Waals surface area contributed by atoms with Crippen LogP contribution < -0.4 is 5.32 Å². The number of rotatable bonds is 7. The minimum atomic E-state index is 0.711. The second kappa shape index (κ2) is 8.97. The van der Waals surface area contributed by atoms with E-state index in [-0.39, 0.29) is 0 Å². The van der Waals surface area contributed by atoms with Gasteiger partial charge in [-0.25, -0.2) is 0 Å². The van der Waals surface area contributed by atoms with Gasteiger partial charge < -0.3 is 10.2 Å². The standard InChI is InChI=1S/C15H27N3S/c1-5-16-15(17-10-8-13(2)3)18(4)11-9-14-7-6-12-19-14/h6-7,12-13H,5,8-11H2,1-4H3,(H,16,17). The van der Waals surface area contributed by atoms with Crippen LogP contribution >= 0.6 is 11.3 Å². The van der Waals surface area contributed by atoms with Gasteiger partial charge in [-0.15, -0.1) is 11.3 Å². The number of hydrogen-bond donors (Lipinski definition) is 1. The van der Waals surface area contributed by atoms with Crippen LogP contribution in [0.4, 0.5) is 0 Å². The Bertz CT molecular complexity index is 357. The zero-order valence-corrected chi connectivity index (χ0v) is 13.5. The van der Waals surface area contributed by atoms with E-state index in [9.17, 15) is 0 Å². The van der Waals surface area contributed by atoms with E-state index in [1.807, 2.05) is 11.3 Å². The smallest absolute Gasteiger partial charge is 0.193 e. The first kappa shape index (κ1) is 16.0. The summed E-state index contributed by atoms with van der Waals surface area (Å²) in [7, 11) is 2.12. The molecule has 108 valence electrons. The van der Waals surface area contributed by atoms with Crippen molar-refractivity contribution in [3.05, 3.63) is 22.4 Å². The third kappa shape index (κ3) is 6.62. The number of hydrogen-bond acceptors (Lipinski definition) is 2. The van der Waals surface area contributed by atoms with Gasteiger partial charge in [0.2, 0.25) is 0 Å². The van der Waals surface area contributed by atoms with E-state index in [0.29, 0.717) is 5.92 Å². The van der Waals surface area contributed by atoms with Gasteiger partial charge in [-0.1, -0.05) is 19.9 Å². The van der Waals surface area contributed by atoms with E-state index in [1.165, 1.54) is 4.88 Å². The van der Waals surface area contributed by atoms with E-state index < -0.39 is 0 Å². The first-order chi connectivity index (χ1) is 9.13. The van der Waals surface area contributed by atoms with Gasteiger partial charge in [0, 0.05) is 31.6 Å². The Morgan fingerprint density at radius 2 is 2.26 bits per heavy atom. The fourth-order valence-electron chi connectivity index (χ4n) is 1.74. The monoisotopic (exact) mass is 281 g/mol. The number of aliphatic imine (C=N–C) groups is 1. The zero-order chi connectivity index (χ0) is 14.1. The van der Waals surface area contributed by atoms with Crippen molar-refractivity contribution in [3.63, 3.8) is 0 Å². The van der Waals surface area contributed by atoms with Gasteiger partial charge in [0.25, 0.3) is 0 Å². The van der Waals surface area contributed by atoms with Crippen LogP contribution in [0.2, 0.25) is 0 Å². The van der Waals surface area contributed by atoms with Gasteiger partial charge in [-0.2, -0.15) is 0 Å². The van der Waals surface area contributed by atoms with Crippen molar-refractivity contribution in [3.8, 4) is 0 Å². The molecule has 0 aliphatic heterocycles. The average molecular weight is 281 g/mol. The highest BCUT2D eigenvalue weighted by molar-refractivity contribution is 7.09. The van der Waals surface area contributed by atoms with Crippen LogP contribution in [0.1, 0.15) is 32.1 Å². The predicted molar refractivity (Wildman–Crippen MR) is 86.1 cm³/mol. The molecule has 0 spiro atoms. The summed E-state index contributed by atoms with van der Waals surface area (Å²) in [6.07, 6.45) is 2.23. The Morgan fingerprint density at radius 1 is 1.47 bits per heavy atom. The van der Waals surface area contributed by atoms with Crippen LogP contribution in [0.3, 0.4) is 0 Å². The van der Waals surface area contributed by atoms with Crippen molar-refractivity contribution >= 4 is 17.3 Å². The Kier molecular flexibility index (Phi) is 7.56. The maximum atomic E-state index is 4.69. The molecule has 0 amide bonds. The van der Waals surface area contributed by atoms with E-state index in [1.54, 1.807) is 0 Å². The summed E-state index contributed by atoms with van der Waals surface area (Å²) < 4.78 is 0. The van der Waals surface area contributed by atoms with Crippen molar-refractivity contribution < 1.29 is 0 Å². The van der Waals surface area contributed by atoms with Gasteiger partial charge in [0.15, 0.2) is 5.96 Å². The van der Waals surface area contributed by atoms with Crippen molar-refractivity contribution in [1.29, 1.82) is 0 Å². The highest BCUT2D eigenvalue weighted by Gasteiger charge is 2.06. The Labute approximate surface area is 121 Å². The molecular weight excluding hydrogens is 254 g/mol. The highest BCUT2D eigenvalue weighted by Crippen LogP contribution is 2.09. The average Bonchev–Trinajstić information content (AvgIpc) is 2.87. The molecule has 0 aromatic carbocycles. The summed E-state index contributed by atoms with van der Waals surface area (Å²) in [5, 5.41) is 5.50. The first-order valence-electron chi connectivity index (χ1n) is 7.15. The van der Waals surface area contributed by atoms with Gasteiger partial charge in [-0.05, 0) is 37.1 Å². The lowest BCUT2D eigenvalue weighted by atomic mass is 10.1. The lowest BCUT2D eigenvalue weighted by Crippen LogP contribution is -2.40. The molecule has 1 aromatic rings. The summed E-state index contributed by atoms with van der Waals surface area (Å²) in [4.78, 5) is 8.35. The molecule has 0 saturated carbocycles. The number of thiophene rings is 1. The molecule has 1 heterocycles. The summed E-state index contributed by atoms with van der Waals surface area (Å²) >= 11 is 1.82. The third-order valence-electron chi connectivity index (χ3n) is 2.94. The van der Waals surface area contributed by atoms with Crippen LogP contribution in [0.25, 0.3) is 0 Å². The van der Waals surface area contributed by atoms with Crippen LogP contribution in [0, 0.1) is 5.92 Å². The molecule has 1 rings (SSSR count). The normalized spacial score (nSPS) is 11.9. The number of nitrogens with one attached hydrogen (secondary N) is 1. The molecular formula is C15H27N3S. The van der Waals surface area contributed by atoms with Crippen molar-refractivity contribution in [2.24, 2.45) is 10.9 Å². The number of likely N-dealkylation sites (N-methyl/N-ethyl adjacent to an activating group) is 1. The van der Waals surface area contributed by atoms with Crippen LogP contribution in [0.5, 0.6) is 0 Å². The summed E-state index contributed by atoms with van der Waals surface area (Å²) in [5.41, 5.74) is 0. The Balaban J connectivity index is 2.44. The van der Waals surface area contributed by atoms with E-state index in [4.69, 9.17) is 0 Å². The number of guanidine groups is 1. The fraction of sp³-hybridized carbons (Fsp3) is 0.667. The molecule has 1 aromatic heterocycles. The van der Waals surface area contributed by atoms with Crippen molar-refractivity contribution in [1.82, 2.24) is 10.2 Å².